The van der Waals surface area contributed by atoms with Crippen molar-refractivity contribution >= 4 is 0 Å². The second kappa shape index (κ2) is 5.01. The van der Waals surface area contributed by atoms with Crippen LogP contribution >= 0.6 is 0 Å². The second-order valence-corrected chi connectivity index (χ2v) is 4.89. The van der Waals surface area contributed by atoms with Crippen molar-refractivity contribution in [1.82, 2.24) is 0 Å². The number of aliphatic hydroxyl groups is 1. The maximum atomic E-state index is 10.7. The molecule has 1 N–H and O–H groups in total. The molecule has 0 radical (unpaired) electrons. The summed E-state index contributed by atoms with van der Waals surface area (Å²) in [5.74, 6) is 0. The Labute approximate surface area is 99.5 Å². The molecule has 0 aliphatic rings. The number of aryl methyl sites for hydroxylation is 3. The van der Waals surface area contributed by atoms with Gasteiger partial charge in [0.05, 0.1) is 5.60 Å². The molecule has 1 nitrogen and oxygen atoms in total. The minimum atomic E-state index is -0.642. The lowest BCUT2D eigenvalue weighted by Gasteiger charge is -2.29. The smallest absolute Gasteiger partial charge is 0.0896 e. The Hall–Kier alpha value is -0.820. The average molecular weight is 220 g/mol. The molecule has 0 fully saturated rings. The molecule has 1 atom stereocenters. The van der Waals surface area contributed by atoms with Gasteiger partial charge in [-0.15, -0.1) is 0 Å². The monoisotopic (exact) mass is 220 g/mol. The summed E-state index contributed by atoms with van der Waals surface area (Å²) >= 11 is 0. The van der Waals surface area contributed by atoms with Crippen molar-refractivity contribution in [3.05, 3.63) is 34.4 Å². The van der Waals surface area contributed by atoms with Gasteiger partial charge in [-0.25, -0.2) is 0 Å². The van der Waals surface area contributed by atoms with E-state index in [4.69, 9.17) is 0 Å². The first-order valence-corrected chi connectivity index (χ1v) is 6.25. The molecular weight excluding hydrogens is 196 g/mol. The molecule has 0 spiro atoms. The van der Waals surface area contributed by atoms with Gasteiger partial charge in [-0.1, -0.05) is 32.4 Å². The van der Waals surface area contributed by atoms with Crippen LogP contribution in [-0.4, -0.2) is 5.11 Å². The van der Waals surface area contributed by atoms with Crippen LogP contribution in [0.2, 0.25) is 0 Å². The first-order valence-electron chi connectivity index (χ1n) is 6.25. The fourth-order valence-electron chi connectivity index (χ4n) is 2.38. The van der Waals surface area contributed by atoms with Crippen LogP contribution in [0.15, 0.2) is 12.1 Å². The van der Waals surface area contributed by atoms with Crippen LogP contribution in [0.4, 0.5) is 0 Å². The van der Waals surface area contributed by atoms with Crippen molar-refractivity contribution in [2.75, 3.05) is 0 Å². The van der Waals surface area contributed by atoms with E-state index in [1.54, 1.807) is 0 Å². The normalized spacial score (nSPS) is 14.9. The first kappa shape index (κ1) is 13.2. The Morgan fingerprint density at radius 2 is 1.56 bits per heavy atom. The van der Waals surface area contributed by atoms with E-state index in [1.165, 1.54) is 16.7 Å². The first-order chi connectivity index (χ1) is 7.44. The van der Waals surface area contributed by atoms with Crippen LogP contribution in [0.3, 0.4) is 0 Å². The fourth-order valence-corrected chi connectivity index (χ4v) is 2.38. The highest BCUT2D eigenvalue weighted by molar-refractivity contribution is 5.39. The summed E-state index contributed by atoms with van der Waals surface area (Å²) in [7, 11) is 0. The minimum Gasteiger partial charge on any atom is -0.385 e. The third-order valence-electron chi connectivity index (χ3n) is 3.59. The van der Waals surface area contributed by atoms with Crippen LogP contribution in [0, 0.1) is 20.8 Å². The predicted octanol–water partition coefficient (Wildman–Crippen LogP) is 4.01. The highest BCUT2D eigenvalue weighted by Crippen LogP contribution is 2.33. The molecule has 0 amide bonds. The standard InChI is InChI=1S/C15H24O/c1-6-8-15(16,7-2)14-10-12(4)11(3)9-13(14)5/h9-10,16H,6-8H2,1-5H3. The van der Waals surface area contributed by atoms with Crippen molar-refractivity contribution < 1.29 is 5.11 Å². The average Bonchev–Trinajstić information content (AvgIpc) is 2.23. The van der Waals surface area contributed by atoms with E-state index in [2.05, 4.69) is 46.8 Å². The largest absolute Gasteiger partial charge is 0.385 e. The van der Waals surface area contributed by atoms with Gasteiger partial charge < -0.3 is 5.11 Å². The van der Waals surface area contributed by atoms with Gasteiger partial charge in [-0.2, -0.15) is 0 Å². The minimum absolute atomic E-state index is 0.642. The van der Waals surface area contributed by atoms with Crippen molar-refractivity contribution in [1.29, 1.82) is 0 Å². The van der Waals surface area contributed by atoms with Crippen molar-refractivity contribution in [3.8, 4) is 0 Å². The molecule has 0 bridgehead atoms. The van der Waals surface area contributed by atoms with E-state index in [0.717, 1.165) is 24.8 Å². The molecule has 1 rings (SSSR count). The lowest BCUT2D eigenvalue weighted by Crippen LogP contribution is -2.25. The van der Waals surface area contributed by atoms with Crippen molar-refractivity contribution in [2.24, 2.45) is 0 Å². The molecule has 90 valence electrons. The van der Waals surface area contributed by atoms with Crippen LogP contribution in [0.25, 0.3) is 0 Å². The zero-order valence-corrected chi connectivity index (χ0v) is 11.2. The lowest BCUT2D eigenvalue weighted by molar-refractivity contribution is 0.0219. The Balaban J connectivity index is 3.25. The summed E-state index contributed by atoms with van der Waals surface area (Å²) < 4.78 is 0. The fraction of sp³-hybridized carbons (Fsp3) is 0.600. The van der Waals surface area contributed by atoms with Gasteiger partial charge in [0.25, 0.3) is 0 Å². The molecule has 1 aromatic rings. The third kappa shape index (κ3) is 2.46. The van der Waals surface area contributed by atoms with Crippen molar-refractivity contribution in [2.45, 2.75) is 59.5 Å². The predicted molar refractivity (Wildman–Crippen MR) is 69.7 cm³/mol. The van der Waals surface area contributed by atoms with E-state index in [0.29, 0.717) is 0 Å². The quantitative estimate of drug-likeness (QED) is 0.813. The highest BCUT2D eigenvalue weighted by atomic mass is 16.3. The summed E-state index contributed by atoms with van der Waals surface area (Å²) in [5.41, 5.74) is 4.25. The molecule has 0 aromatic heterocycles. The number of hydrogen-bond donors (Lipinski definition) is 1. The summed E-state index contributed by atoms with van der Waals surface area (Å²) in [6.45, 7) is 10.5. The Morgan fingerprint density at radius 3 is 2.06 bits per heavy atom. The summed E-state index contributed by atoms with van der Waals surface area (Å²) in [6, 6.07) is 4.34. The molecule has 1 aromatic carbocycles. The molecule has 0 saturated heterocycles. The van der Waals surface area contributed by atoms with Gasteiger partial charge in [0.1, 0.15) is 0 Å². The molecular formula is C15H24O. The van der Waals surface area contributed by atoms with Crippen molar-refractivity contribution in [3.63, 3.8) is 0 Å². The topological polar surface area (TPSA) is 20.2 Å². The molecule has 0 heterocycles. The lowest BCUT2D eigenvalue weighted by atomic mass is 9.83. The Bertz CT molecular complexity index is 368. The summed E-state index contributed by atoms with van der Waals surface area (Å²) in [4.78, 5) is 0. The van der Waals surface area contributed by atoms with Gasteiger partial charge >= 0.3 is 0 Å². The van der Waals surface area contributed by atoms with Crippen LogP contribution in [0.5, 0.6) is 0 Å². The number of rotatable bonds is 4. The van der Waals surface area contributed by atoms with Gasteiger partial charge in [-0.3, -0.25) is 0 Å². The Kier molecular flexibility index (Phi) is 4.15. The van der Waals surface area contributed by atoms with Crippen LogP contribution in [-0.2, 0) is 5.60 Å². The molecule has 0 aliphatic heterocycles. The van der Waals surface area contributed by atoms with Crippen LogP contribution in [0.1, 0.15) is 55.4 Å². The maximum Gasteiger partial charge on any atom is 0.0896 e. The Morgan fingerprint density at radius 1 is 1.00 bits per heavy atom. The van der Waals surface area contributed by atoms with Gasteiger partial charge in [-0.05, 0) is 55.9 Å². The van der Waals surface area contributed by atoms with E-state index < -0.39 is 5.60 Å². The molecule has 1 heteroatoms. The highest BCUT2D eigenvalue weighted by Gasteiger charge is 2.27. The van der Waals surface area contributed by atoms with Crippen LogP contribution < -0.4 is 0 Å². The van der Waals surface area contributed by atoms with E-state index in [1.807, 2.05) is 0 Å². The number of hydrogen-bond acceptors (Lipinski definition) is 1. The van der Waals surface area contributed by atoms with E-state index in [-0.39, 0.29) is 0 Å². The SMILES string of the molecule is CCCC(O)(CC)c1cc(C)c(C)cc1C. The molecule has 1 unspecified atom stereocenters. The molecule has 0 aliphatic carbocycles. The van der Waals surface area contributed by atoms with E-state index in [9.17, 15) is 5.11 Å². The zero-order valence-electron chi connectivity index (χ0n) is 11.2. The van der Waals surface area contributed by atoms with Gasteiger partial charge in [0, 0.05) is 0 Å². The zero-order chi connectivity index (χ0) is 12.3. The second-order valence-electron chi connectivity index (χ2n) is 4.89. The number of benzene rings is 1. The maximum absolute atomic E-state index is 10.7. The molecule has 16 heavy (non-hydrogen) atoms. The molecule has 0 saturated carbocycles. The third-order valence-corrected chi connectivity index (χ3v) is 3.59. The van der Waals surface area contributed by atoms with Gasteiger partial charge in [0.15, 0.2) is 0 Å². The van der Waals surface area contributed by atoms with Gasteiger partial charge in [0.2, 0.25) is 0 Å². The summed E-state index contributed by atoms with van der Waals surface area (Å²) in [6.07, 6.45) is 2.63. The van der Waals surface area contributed by atoms with E-state index >= 15 is 0 Å². The summed E-state index contributed by atoms with van der Waals surface area (Å²) in [5, 5.41) is 10.7.